The molecule has 0 aliphatic heterocycles. The van der Waals surface area contributed by atoms with Gasteiger partial charge in [0.05, 0.1) is 4.92 Å². The molecule has 0 atom stereocenters. The smallest absolute Gasteiger partial charge is 0.274 e. The minimum atomic E-state index is -3.11. The molecule has 0 aromatic carbocycles. The van der Waals surface area contributed by atoms with Crippen molar-refractivity contribution in [3.8, 4) is 6.07 Å². The average Bonchev–Trinajstić information content (AvgIpc) is 2.26. The van der Waals surface area contributed by atoms with Gasteiger partial charge in [0.1, 0.15) is 17.5 Å². The van der Waals surface area contributed by atoms with Crippen LogP contribution in [-0.4, -0.2) is 15.1 Å². The molecule has 88 valence electrons. The van der Waals surface area contributed by atoms with Gasteiger partial charge in [-0.05, 0) is 11.6 Å². The molecule has 9 heteroatoms. The summed E-state index contributed by atoms with van der Waals surface area (Å²) in [7, 11) is 0. The fourth-order valence-corrected chi connectivity index (χ4v) is 1.20. The van der Waals surface area contributed by atoms with Crippen molar-refractivity contribution in [2.45, 2.75) is 6.43 Å². The molecule has 0 radical (unpaired) electrons. The molecule has 0 bridgehead atoms. The van der Waals surface area contributed by atoms with Gasteiger partial charge in [0.2, 0.25) is 0 Å². The van der Waals surface area contributed by atoms with E-state index >= 15 is 0 Å². The van der Waals surface area contributed by atoms with Crippen LogP contribution in [0.2, 0.25) is 0 Å². The molecule has 0 spiro atoms. The number of nitriles is 1. The van der Waals surface area contributed by atoms with E-state index in [0.717, 1.165) is 0 Å². The Hall–Kier alpha value is -2.14. The largest absolute Gasteiger partial charge is 0.291 e. The molecule has 6 nitrogen and oxygen atoms in total. The number of nitrogens with zero attached hydrogens (tertiary/aromatic N) is 3. The predicted molar refractivity (Wildman–Crippen MR) is 50.7 cm³/mol. The number of hydrogen-bond donors (Lipinski definition) is 0. The Morgan fingerprint density at radius 1 is 1.65 bits per heavy atom. The zero-order valence-electron chi connectivity index (χ0n) is 7.85. The van der Waals surface area contributed by atoms with Crippen molar-refractivity contribution >= 4 is 22.5 Å². The Labute approximate surface area is 97.6 Å². The lowest BCUT2D eigenvalue weighted by atomic mass is 10.1. The topological polar surface area (TPSA) is 96.9 Å². The SMILES string of the molecule is N#Cc1c([N+](=O)[O-])cc(C(F)F)nc1C(=O)Cl. The first-order valence-electron chi connectivity index (χ1n) is 3.96. The highest BCUT2D eigenvalue weighted by Gasteiger charge is 2.26. The lowest BCUT2D eigenvalue weighted by Crippen LogP contribution is -2.06. The van der Waals surface area contributed by atoms with Crippen molar-refractivity contribution in [2.75, 3.05) is 0 Å². The van der Waals surface area contributed by atoms with E-state index < -0.39 is 39.2 Å². The summed E-state index contributed by atoms with van der Waals surface area (Å²) in [4.78, 5) is 23.5. The molecule has 0 unspecified atom stereocenters. The van der Waals surface area contributed by atoms with Crippen LogP contribution in [-0.2, 0) is 0 Å². The highest BCUT2D eigenvalue weighted by Crippen LogP contribution is 2.27. The number of halogens is 3. The molecule has 0 aliphatic rings. The molecule has 0 fully saturated rings. The van der Waals surface area contributed by atoms with Crippen molar-refractivity contribution in [2.24, 2.45) is 0 Å². The van der Waals surface area contributed by atoms with Gasteiger partial charge in [-0.25, -0.2) is 13.8 Å². The second-order valence-corrected chi connectivity index (χ2v) is 3.08. The van der Waals surface area contributed by atoms with Crippen LogP contribution >= 0.6 is 11.6 Å². The lowest BCUT2D eigenvalue weighted by Gasteiger charge is -2.03. The Morgan fingerprint density at radius 2 is 2.24 bits per heavy atom. The first-order valence-corrected chi connectivity index (χ1v) is 4.33. The molecule has 0 saturated heterocycles. The van der Waals surface area contributed by atoms with Crippen LogP contribution in [0.1, 0.15) is 28.2 Å². The summed E-state index contributed by atoms with van der Waals surface area (Å²) >= 11 is 5.02. The van der Waals surface area contributed by atoms with Crippen molar-refractivity contribution in [1.29, 1.82) is 5.26 Å². The summed E-state index contributed by atoms with van der Waals surface area (Å²) in [5.41, 5.74) is -3.50. The molecule has 17 heavy (non-hydrogen) atoms. The molecular formula is C8H2ClF2N3O3. The first-order chi connectivity index (χ1) is 7.88. The second kappa shape index (κ2) is 4.80. The maximum atomic E-state index is 12.4. The van der Waals surface area contributed by atoms with E-state index in [4.69, 9.17) is 16.9 Å². The monoisotopic (exact) mass is 261 g/mol. The summed E-state index contributed by atoms with van der Waals surface area (Å²) < 4.78 is 24.7. The van der Waals surface area contributed by atoms with E-state index in [-0.39, 0.29) is 0 Å². The van der Waals surface area contributed by atoms with E-state index in [0.29, 0.717) is 6.07 Å². The molecule has 1 rings (SSSR count). The van der Waals surface area contributed by atoms with Crippen LogP contribution in [0.15, 0.2) is 6.07 Å². The van der Waals surface area contributed by atoms with E-state index in [1.807, 2.05) is 0 Å². The van der Waals surface area contributed by atoms with Gasteiger partial charge >= 0.3 is 0 Å². The van der Waals surface area contributed by atoms with Gasteiger partial charge in [-0.3, -0.25) is 14.9 Å². The standard InChI is InChI=1S/C8H2ClF2N3O3/c9-7(15)6-3(2-12)5(14(16)17)1-4(13-6)8(10)11/h1,8H. The van der Waals surface area contributed by atoms with Gasteiger partial charge in [-0.2, -0.15) is 5.26 Å². The van der Waals surface area contributed by atoms with Gasteiger partial charge < -0.3 is 0 Å². The lowest BCUT2D eigenvalue weighted by molar-refractivity contribution is -0.385. The van der Waals surface area contributed by atoms with E-state index in [2.05, 4.69) is 4.98 Å². The fraction of sp³-hybridized carbons (Fsp3) is 0.125. The summed E-state index contributed by atoms with van der Waals surface area (Å²) in [6.07, 6.45) is -3.11. The molecule has 1 heterocycles. The number of hydrogen-bond acceptors (Lipinski definition) is 5. The van der Waals surface area contributed by atoms with E-state index in [9.17, 15) is 23.7 Å². The first kappa shape index (κ1) is 12.9. The highest BCUT2D eigenvalue weighted by atomic mass is 35.5. The minimum absolute atomic E-state index is 0.437. The third-order valence-electron chi connectivity index (χ3n) is 1.74. The molecular weight excluding hydrogens is 260 g/mol. The predicted octanol–water partition coefficient (Wildman–Crippen LogP) is 2.18. The van der Waals surface area contributed by atoms with Crippen molar-refractivity contribution in [3.63, 3.8) is 0 Å². The van der Waals surface area contributed by atoms with Crippen LogP contribution in [0.5, 0.6) is 0 Å². The summed E-state index contributed by atoms with van der Waals surface area (Å²) in [5.74, 6) is 0. The van der Waals surface area contributed by atoms with Gasteiger partial charge in [0.25, 0.3) is 17.4 Å². The second-order valence-electron chi connectivity index (χ2n) is 2.73. The number of carbonyl (C=O) groups is 1. The van der Waals surface area contributed by atoms with Gasteiger partial charge in [0, 0.05) is 6.07 Å². The summed E-state index contributed by atoms with van der Waals surface area (Å²) in [5, 5.41) is 17.9. The molecule has 1 aromatic heterocycles. The van der Waals surface area contributed by atoms with Crippen molar-refractivity contribution in [1.82, 2.24) is 4.98 Å². The Balaban J connectivity index is 3.65. The normalized spacial score (nSPS) is 10.1. The zero-order valence-corrected chi connectivity index (χ0v) is 8.61. The molecule has 0 N–H and O–H groups in total. The quantitative estimate of drug-likeness (QED) is 0.472. The molecule has 1 aromatic rings. The van der Waals surface area contributed by atoms with Gasteiger partial charge in [0.15, 0.2) is 5.56 Å². The van der Waals surface area contributed by atoms with Crippen molar-refractivity contribution < 1.29 is 18.5 Å². The Kier molecular flexibility index (Phi) is 3.65. The highest BCUT2D eigenvalue weighted by molar-refractivity contribution is 6.67. The van der Waals surface area contributed by atoms with E-state index in [1.165, 1.54) is 6.07 Å². The number of pyridine rings is 1. The minimum Gasteiger partial charge on any atom is -0.274 e. The molecule has 0 saturated carbocycles. The van der Waals surface area contributed by atoms with Crippen LogP contribution in [0.25, 0.3) is 0 Å². The zero-order chi connectivity index (χ0) is 13.2. The average molecular weight is 262 g/mol. The summed E-state index contributed by atoms with van der Waals surface area (Å²) in [6.45, 7) is 0. The van der Waals surface area contributed by atoms with Crippen molar-refractivity contribution in [3.05, 3.63) is 33.1 Å². The Bertz CT molecular complexity index is 506. The maximum absolute atomic E-state index is 12.4. The van der Waals surface area contributed by atoms with Crippen LogP contribution < -0.4 is 0 Å². The fourth-order valence-electron chi connectivity index (χ4n) is 1.06. The number of alkyl halides is 2. The molecule has 0 aliphatic carbocycles. The molecule has 0 amide bonds. The number of nitro groups is 1. The van der Waals surface area contributed by atoms with Gasteiger partial charge in [-0.1, -0.05) is 0 Å². The number of aromatic nitrogens is 1. The maximum Gasteiger partial charge on any atom is 0.291 e. The van der Waals surface area contributed by atoms with Crippen LogP contribution in [0.4, 0.5) is 14.5 Å². The summed E-state index contributed by atoms with van der Waals surface area (Å²) in [6, 6.07) is 1.78. The van der Waals surface area contributed by atoms with Crippen LogP contribution in [0, 0.1) is 21.4 Å². The van der Waals surface area contributed by atoms with Gasteiger partial charge in [-0.15, -0.1) is 0 Å². The Morgan fingerprint density at radius 3 is 2.59 bits per heavy atom. The number of carbonyl (C=O) groups excluding carboxylic acids is 1. The number of rotatable bonds is 3. The third kappa shape index (κ3) is 2.51. The van der Waals surface area contributed by atoms with E-state index in [1.54, 1.807) is 0 Å². The van der Waals surface area contributed by atoms with Crippen LogP contribution in [0.3, 0.4) is 0 Å². The third-order valence-corrected chi connectivity index (χ3v) is 1.92.